The van der Waals surface area contributed by atoms with E-state index in [2.05, 4.69) is 0 Å². The number of benzene rings is 2. The van der Waals surface area contributed by atoms with E-state index in [4.69, 9.17) is 4.74 Å². The van der Waals surface area contributed by atoms with Gasteiger partial charge in [-0.2, -0.15) is 0 Å². The van der Waals surface area contributed by atoms with Crippen LogP contribution in [0.25, 0.3) is 0 Å². The fourth-order valence-electron chi connectivity index (χ4n) is 3.68. The number of nitrogens with zero attached hydrogens (tertiary/aromatic N) is 1. The van der Waals surface area contributed by atoms with Gasteiger partial charge in [-0.1, -0.05) is 48.5 Å². The molecule has 0 aromatic heterocycles. The van der Waals surface area contributed by atoms with E-state index in [0.29, 0.717) is 24.9 Å². The number of ether oxygens (including phenoxy) is 1. The topological polar surface area (TPSA) is 101 Å². The van der Waals surface area contributed by atoms with E-state index in [9.17, 15) is 24.3 Å². The van der Waals surface area contributed by atoms with Gasteiger partial charge in [0.15, 0.2) is 11.9 Å². The second-order valence-electron chi connectivity index (χ2n) is 7.50. The van der Waals surface area contributed by atoms with Gasteiger partial charge in [0.1, 0.15) is 6.04 Å². The van der Waals surface area contributed by atoms with Crippen LogP contribution in [0.4, 0.5) is 0 Å². The molecule has 3 rings (SSSR count). The van der Waals surface area contributed by atoms with Crippen LogP contribution in [-0.2, 0) is 25.5 Å². The van der Waals surface area contributed by atoms with Crippen molar-refractivity contribution < 1.29 is 29.0 Å². The SMILES string of the molecule is O=C(O[C@@H](Cc1ccccc1)C(=O)CCC(=O)N1CCC[C@H]1C(=O)O)c1ccccc1. The van der Waals surface area contributed by atoms with E-state index in [1.54, 1.807) is 30.3 Å². The third-order valence-electron chi connectivity index (χ3n) is 5.33. The van der Waals surface area contributed by atoms with Gasteiger partial charge in [0.25, 0.3) is 0 Å². The van der Waals surface area contributed by atoms with Crippen LogP contribution in [0.15, 0.2) is 60.7 Å². The van der Waals surface area contributed by atoms with Crippen LogP contribution in [0.2, 0.25) is 0 Å². The molecule has 0 spiro atoms. The molecule has 0 bridgehead atoms. The summed E-state index contributed by atoms with van der Waals surface area (Å²) in [5.41, 5.74) is 1.17. The zero-order chi connectivity index (χ0) is 22.2. The number of aliphatic carboxylic acids is 1. The average Bonchev–Trinajstić information content (AvgIpc) is 3.28. The van der Waals surface area contributed by atoms with E-state index < -0.39 is 24.1 Å². The van der Waals surface area contributed by atoms with E-state index in [0.717, 1.165) is 5.56 Å². The molecule has 0 saturated carbocycles. The van der Waals surface area contributed by atoms with Crippen molar-refractivity contribution in [2.75, 3.05) is 6.54 Å². The number of Topliss-reactive ketones (excluding diaryl/α,β-unsaturated/α-hetero) is 1. The molecular formula is C24H25NO6. The number of esters is 1. The second kappa shape index (κ2) is 10.5. The summed E-state index contributed by atoms with van der Waals surface area (Å²) in [6.45, 7) is 0.375. The number of carbonyl (C=O) groups is 4. The fourth-order valence-corrected chi connectivity index (χ4v) is 3.68. The predicted molar refractivity (Wildman–Crippen MR) is 112 cm³/mol. The Morgan fingerprint density at radius 2 is 1.61 bits per heavy atom. The van der Waals surface area contributed by atoms with Crippen LogP contribution >= 0.6 is 0 Å². The highest BCUT2D eigenvalue weighted by atomic mass is 16.5. The number of amides is 1. The highest BCUT2D eigenvalue weighted by molar-refractivity contribution is 5.94. The van der Waals surface area contributed by atoms with Crippen molar-refractivity contribution in [1.82, 2.24) is 4.90 Å². The quantitative estimate of drug-likeness (QED) is 0.623. The lowest BCUT2D eigenvalue weighted by Crippen LogP contribution is -2.41. The molecule has 1 fully saturated rings. The Kier molecular flexibility index (Phi) is 7.54. The summed E-state index contributed by atoms with van der Waals surface area (Å²) < 4.78 is 5.51. The molecule has 162 valence electrons. The third kappa shape index (κ3) is 6.01. The van der Waals surface area contributed by atoms with E-state index in [1.807, 2.05) is 30.3 Å². The molecule has 1 aliphatic heterocycles. The Labute approximate surface area is 180 Å². The number of likely N-dealkylation sites (tertiary alicyclic amines) is 1. The molecule has 2 aromatic rings. The first kappa shape index (κ1) is 22.2. The van der Waals surface area contributed by atoms with Crippen LogP contribution < -0.4 is 0 Å². The van der Waals surface area contributed by atoms with Crippen LogP contribution in [0.5, 0.6) is 0 Å². The molecule has 1 N–H and O–H groups in total. The molecular weight excluding hydrogens is 398 g/mol. The van der Waals surface area contributed by atoms with Gasteiger partial charge in [-0.3, -0.25) is 9.59 Å². The minimum atomic E-state index is -1.03. The predicted octanol–water partition coefficient (Wildman–Crippen LogP) is 2.88. The lowest BCUT2D eigenvalue weighted by atomic mass is 10.0. The van der Waals surface area contributed by atoms with Crippen molar-refractivity contribution >= 4 is 23.6 Å². The van der Waals surface area contributed by atoms with Crippen LogP contribution in [0, 0.1) is 0 Å². The Balaban J connectivity index is 1.66. The number of hydrogen-bond donors (Lipinski definition) is 1. The third-order valence-corrected chi connectivity index (χ3v) is 5.33. The van der Waals surface area contributed by atoms with Gasteiger partial charge in [0.05, 0.1) is 5.56 Å². The maximum Gasteiger partial charge on any atom is 0.338 e. The van der Waals surface area contributed by atoms with Crippen molar-refractivity contribution in [3.63, 3.8) is 0 Å². The molecule has 1 heterocycles. The molecule has 2 atom stereocenters. The molecule has 0 aliphatic carbocycles. The van der Waals surface area contributed by atoms with Crippen LogP contribution in [-0.4, -0.2) is 52.3 Å². The summed E-state index contributed by atoms with van der Waals surface area (Å²) in [4.78, 5) is 50.5. The van der Waals surface area contributed by atoms with E-state index in [-0.39, 0.29) is 31.0 Å². The molecule has 1 saturated heterocycles. The van der Waals surface area contributed by atoms with Gasteiger partial charge in [-0.15, -0.1) is 0 Å². The summed E-state index contributed by atoms with van der Waals surface area (Å²) >= 11 is 0. The van der Waals surface area contributed by atoms with Crippen molar-refractivity contribution in [1.29, 1.82) is 0 Å². The molecule has 0 unspecified atom stereocenters. The summed E-state index contributed by atoms with van der Waals surface area (Å²) in [5.74, 6) is -2.37. The lowest BCUT2D eigenvalue weighted by molar-refractivity contribution is -0.148. The minimum Gasteiger partial charge on any atom is -0.480 e. The first-order valence-electron chi connectivity index (χ1n) is 10.3. The van der Waals surface area contributed by atoms with Crippen molar-refractivity contribution in [3.05, 3.63) is 71.8 Å². The van der Waals surface area contributed by atoms with E-state index >= 15 is 0 Å². The van der Waals surface area contributed by atoms with Crippen LogP contribution in [0.1, 0.15) is 41.6 Å². The number of carbonyl (C=O) groups excluding carboxylic acids is 3. The average molecular weight is 423 g/mol. The summed E-state index contributed by atoms with van der Waals surface area (Å²) in [5, 5.41) is 9.25. The van der Waals surface area contributed by atoms with Gasteiger partial charge >= 0.3 is 11.9 Å². The summed E-state index contributed by atoms with van der Waals surface area (Å²) in [6.07, 6.45) is -0.0226. The van der Waals surface area contributed by atoms with Crippen molar-refractivity contribution in [3.8, 4) is 0 Å². The highest BCUT2D eigenvalue weighted by Crippen LogP contribution is 2.20. The van der Waals surface area contributed by atoms with Crippen molar-refractivity contribution in [2.24, 2.45) is 0 Å². The Morgan fingerprint density at radius 1 is 0.968 bits per heavy atom. The molecule has 1 aliphatic rings. The Morgan fingerprint density at radius 3 is 2.26 bits per heavy atom. The summed E-state index contributed by atoms with van der Waals surface area (Å²) in [7, 11) is 0. The maximum absolute atomic E-state index is 12.9. The fraction of sp³-hybridized carbons (Fsp3) is 0.333. The second-order valence-corrected chi connectivity index (χ2v) is 7.50. The lowest BCUT2D eigenvalue weighted by Gasteiger charge is -2.22. The van der Waals surface area contributed by atoms with Gasteiger partial charge in [0.2, 0.25) is 5.91 Å². The standard InChI is InChI=1S/C24H25NO6/c26-20(13-14-22(27)25-15-7-12-19(25)23(28)29)21(16-17-8-3-1-4-9-17)31-24(30)18-10-5-2-6-11-18/h1-6,8-11,19,21H,7,12-16H2,(H,28,29)/t19-,21-/m0/s1. The monoisotopic (exact) mass is 423 g/mol. The molecule has 31 heavy (non-hydrogen) atoms. The van der Waals surface area contributed by atoms with Gasteiger partial charge < -0.3 is 14.7 Å². The number of hydrogen-bond acceptors (Lipinski definition) is 5. The number of carboxylic acid groups (broad SMARTS) is 1. The van der Waals surface area contributed by atoms with Gasteiger partial charge in [0, 0.05) is 25.8 Å². The first-order chi connectivity index (χ1) is 15.0. The molecule has 7 heteroatoms. The van der Waals surface area contributed by atoms with Gasteiger partial charge in [-0.05, 0) is 30.5 Å². The minimum absolute atomic E-state index is 0.114. The zero-order valence-electron chi connectivity index (χ0n) is 17.1. The van der Waals surface area contributed by atoms with Gasteiger partial charge in [-0.25, -0.2) is 9.59 Å². The van der Waals surface area contributed by atoms with E-state index in [1.165, 1.54) is 4.90 Å². The highest BCUT2D eigenvalue weighted by Gasteiger charge is 2.34. The Bertz CT molecular complexity index is 928. The number of carboxylic acids is 1. The van der Waals surface area contributed by atoms with Crippen molar-refractivity contribution in [2.45, 2.75) is 44.2 Å². The number of rotatable bonds is 9. The molecule has 7 nitrogen and oxygen atoms in total. The molecule has 2 aromatic carbocycles. The maximum atomic E-state index is 12.9. The molecule has 1 amide bonds. The number of ketones is 1. The Hall–Kier alpha value is -3.48. The smallest absolute Gasteiger partial charge is 0.338 e. The zero-order valence-corrected chi connectivity index (χ0v) is 17.1. The first-order valence-corrected chi connectivity index (χ1v) is 10.3. The molecule has 0 radical (unpaired) electrons. The summed E-state index contributed by atoms with van der Waals surface area (Å²) in [6, 6.07) is 16.8. The van der Waals surface area contributed by atoms with Crippen LogP contribution in [0.3, 0.4) is 0 Å². The normalized spacial score (nSPS) is 16.5. The largest absolute Gasteiger partial charge is 0.480 e.